The smallest absolute Gasteiger partial charge is 0.309 e. The van der Waals surface area contributed by atoms with E-state index >= 15 is 0 Å². The van der Waals surface area contributed by atoms with Crippen molar-refractivity contribution < 1.29 is 13.9 Å². The number of benzene rings is 1. The van der Waals surface area contributed by atoms with Crippen LogP contribution < -0.4 is 11.1 Å². The Morgan fingerprint density at radius 3 is 3.05 bits per heavy atom. The van der Waals surface area contributed by atoms with Crippen molar-refractivity contribution in [2.75, 3.05) is 13.2 Å². The van der Waals surface area contributed by atoms with Gasteiger partial charge in [0.2, 0.25) is 0 Å². The normalized spacial score (nSPS) is 22.6. The molecule has 1 heterocycles. The third-order valence-corrected chi connectivity index (χ3v) is 3.72. The van der Waals surface area contributed by atoms with E-state index in [2.05, 4.69) is 5.32 Å². The molecule has 5 heteroatoms. The SMILES string of the molecule is CCOC(=O)C1CCNC(c2ccc(F)cc2CN)C1. The highest BCUT2D eigenvalue weighted by molar-refractivity contribution is 5.72. The van der Waals surface area contributed by atoms with Gasteiger partial charge in [0, 0.05) is 12.6 Å². The number of carbonyl (C=O) groups excluding carboxylic acids is 1. The number of piperidine rings is 1. The largest absolute Gasteiger partial charge is 0.466 e. The molecule has 2 unspecified atom stereocenters. The molecule has 1 aromatic rings. The number of hydrogen-bond acceptors (Lipinski definition) is 4. The highest BCUT2D eigenvalue weighted by Crippen LogP contribution is 2.30. The predicted octanol–water partition coefficient (Wildman–Crippen LogP) is 1.89. The molecule has 0 aromatic heterocycles. The monoisotopic (exact) mass is 280 g/mol. The molecule has 1 aromatic carbocycles. The Bertz CT molecular complexity index is 479. The summed E-state index contributed by atoms with van der Waals surface area (Å²) >= 11 is 0. The van der Waals surface area contributed by atoms with Gasteiger partial charge in [0.25, 0.3) is 0 Å². The third kappa shape index (κ3) is 3.35. The maximum atomic E-state index is 13.3. The van der Waals surface area contributed by atoms with Crippen LogP contribution in [-0.4, -0.2) is 19.1 Å². The summed E-state index contributed by atoms with van der Waals surface area (Å²) in [6.45, 7) is 3.24. The van der Waals surface area contributed by atoms with Gasteiger partial charge in [0.1, 0.15) is 5.82 Å². The van der Waals surface area contributed by atoms with Crippen LogP contribution in [0.1, 0.15) is 36.9 Å². The molecule has 110 valence electrons. The van der Waals surface area contributed by atoms with Crippen LogP contribution in [-0.2, 0) is 16.1 Å². The molecule has 1 aliphatic heterocycles. The van der Waals surface area contributed by atoms with Crippen LogP contribution in [0.3, 0.4) is 0 Å². The Labute approximate surface area is 118 Å². The lowest BCUT2D eigenvalue weighted by Gasteiger charge is -2.30. The van der Waals surface area contributed by atoms with Crippen LogP contribution in [0.2, 0.25) is 0 Å². The van der Waals surface area contributed by atoms with Gasteiger partial charge >= 0.3 is 5.97 Å². The van der Waals surface area contributed by atoms with E-state index in [0.717, 1.165) is 24.1 Å². The molecular formula is C15H21FN2O2. The second-order valence-electron chi connectivity index (χ2n) is 5.03. The van der Waals surface area contributed by atoms with Gasteiger partial charge in [-0.05, 0) is 49.6 Å². The van der Waals surface area contributed by atoms with Crippen molar-refractivity contribution in [1.82, 2.24) is 5.32 Å². The van der Waals surface area contributed by atoms with E-state index < -0.39 is 0 Å². The lowest BCUT2D eigenvalue weighted by molar-refractivity contribution is -0.149. The fourth-order valence-electron chi connectivity index (χ4n) is 2.72. The number of esters is 1. The van der Waals surface area contributed by atoms with Gasteiger partial charge in [-0.25, -0.2) is 4.39 Å². The summed E-state index contributed by atoms with van der Waals surface area (Å²) in [5.41, 5.74) is 7.44. The molecule has 0 aliphatic carbocycles. The Kier molecular flexibility index (Phi) is 5.09. The number of ether oxygens (including phenoxy) is 1. The number of rotatable bonds is 4. The molecule has 0 saturated carbocycles. The first-order valence-corrected chi connectivity index (χ1v) is 7.04. The van der Waals surface area contributed by atoms with Crippen molar-refractivity contribution in [2.45, 2.75) is 32.4 Å². The van der Waals surface area contributed by atoms with Gasteiger partial charge in [0.15, 0.2) is 0 Å². The summed E-state index contributed by atoms with van der Waals surface area (Å²) < 4.78 is 18.3. The van der Waals surface area contributed by atoms with Crippen molar-refractivity contribution in [2.24, 2.45) is 11.7 Å². The van der Waals surface area contributed by atoms with Crippen LogP contribution in [0, 0.1) is 11.7 Å². The summed E-state index contributed by atoms with van der Waals surface area (Å²) in [4.78, 5) is 11.8. The van der Waals surface area contributed by atoms with Gasteiger partial charge in [-0.1, -0.05) is 6.07 Å². The molecule has 1 fully saturated rings. The molecule has 3 N–H and O–H groups in total. The Morgan fingerprint density at radius 1 is 1.55 bits per heavy atom. The Balaban J connectivity index is 2.14. The van der Waals surface area contributed by atoms with Crippen LogP contribution in [0.5, 0.6) is 0 Å². The van der Waals surface area contributed by atoms with Crippen LogP contribution in [0.15, 0.2) is 18.2 Å². The number of hydrogen-bond donors (Lipinski definition) is 2. The van der Waals surface area contributed by atoms with Gasteiger partial charge in [0.05, 0.1) is 12.5 Å². The summed E-state index contributed by atoms with van der Waals surface area (Å²) in [7, 11) is 0. The summed E-state index contributed by atoms with van der Waals surface area (Å²) in [6, 6.07) is 4.68. The number of halogens is 1. The molecule has 0 amide bonds. The van der Waals surface area contributed by atoms with Crippen molar-refractivity contribution in [3.8, 4) is 0 Å². The van der Waals surface area contributed by atoms with Gasteiger partial charge in [-0.2, -0.15) is 0 Å². The molecule has 0 bridgehead atoms. The standard InChI is InChI=1S/C15H21FN2O2/c1-2-20-15(19)10-5-6-18-14(8-10)13-4-3-12(16)7-11(13)9-17/h3-4,7,10,14,18H,2,5-6,8-9,17H2,1H3. The van der Waals surface area contributed by atoms with Crippen molar-refractivity contribution in [3.63, 3.8) is 0 Å². The van der Waals surface area contributed by atoms with Crippen molar-refractivity contribution >= 4 is 5.97 Å². The fraction of sp³-hybridized carbons (Fsp3) is 0.533. The molecule has 0 spiro atoms. The molecule has 2 rings (SSSR count). The molecule has 2 atom stereocenters. The molecule has 0 radical (unpaired) electrons. The van der Waals surface area contributed by atoms with Crippen LogP contribution >= 0.6 is 0 Å². The lowest BCUT2D eigenvalue weighted by Crippen LogP contribution is -2.36. The van der Waals surface area contributed by atoms with E-state index in [1.165, 1.54) is 12.1 Å². The first kappa shape index (κ1) is 14.9. The first-order chi connectivity index (χ1) is 9.65. The zero-order chi connectivity index (χ0) is 14.5. The average molecular weight is 280 g/mol. The van der Waals surface area contributed by atoms with Gasteiger partial charge in [-0.3, -0.25) is 4.79 Å². The topological polar surface area (TPSA) is 64.3 Å². The molecule has 1 saturated heterocycles. The second-order valence-corrected chi connectivity index (χ2v) is 5.03. The number of nitrogens with one attached hydrogen (secondary N) is 1. The van der Waals surface area contributed by atoms with Crippen molar-refractivity contribution in [3.05, 3.63) is 35.1 Å². The Morgan fingerprint density at radius 2 is 2.35 bits per heavy atom. The first-order valence-electron chi connectivity index (χ1n) is 7.04. The quantitative estimate of drug-likeness (QED) is 0.827. The summed E-state index contributed by atoms with van der Waals surface area (Å²) in [5.74, 6) is -0.528. The zero-order valence-corrected chi connectivity index (χ0v) is 11.7. The average Bonchev–Trinajstić information content (AvgIpc) is 2.47. The van der Waals surface area contributed by atoms with Crippen LogP contribution in [0.25, 0.3) is 0 Å². The molecule has 1 aliphatic rings. The summed E-state index contributed by atoms with van der Waals surface area (Å²) in [5, 5.41) is 3.37. The van der Waals surface area contributed by atoms with E-state index in [0.29, 0.717) is 13.0 Å². The Hall–Kier alpha value is -1.46. The number of nitrogens with two attached hydrogens (primary N) is 1. The number of carbonyl (C=O) groups is 1. The van der Waals surface area contributed by atoms with Gasteiger partial charge < -0.3 is 15.8 Å². The van der Waals surface area contributed by atoms with E-state index in [9.17, 15) is 9.18 Å². The molecule has 4 nitrogen and oxygen atoms in total. The van der Waals surface area contributed by atoms with E-state index in [-0.39, 0.29) is 30.3 Å². The minimum atomic E-state index is -0.285. The predicted molar refractivity (Wildman–Crippen MR) is 74.4 cm³/mol. The zero-order valence-electron chi connectivity index (χ0n) is 11.7. The molecule has 20 heavy (non-hydrogen) atoms. The highest BCUT2D eigenvalue weighted by Gasteiger charge is 2.29. The molecular weight excluding hydrogens is 259 g/mol. The minimum absolute atomic E-state index is 0.0253. The van der Waals surface area contributed by atoms with Crippen molar-refractivity contribution in [1.29, 1.82) is 0 Å². The minimum Gasteiger partial charge on any atom is -0.466 e. The third-order valence-electron chi connectivity index (χ3n) is 3.72. The van der Waals surface area contributed by atoms with E-state index in [1.807, 2.05) is 6.92 Å². The van der Waals surface area contributed by atoms with E-state index in [1.54, 1.807) is 6.07 Å². The van der Waals surface area contributed by atoms with Gasteiger partial charge in [-0.15, -0.1) is 0 Å². The maximum absolute atomic E-state index is 13.3. The highest BCUT2D eigenvalue weighted by atomic mass is 19.1. The van der Waals surface area contributed by atoms with Crippen LogP contribution in [0.4, 0.5) is 4.39 Å². The summed E-state index contributed by atoms with van der Waals surface area (Å²) in [6.07, 6.45) is 1.44. The maximum Gasteiger partial charge on any atom is 0.309 e. The van der Waals surface area contributed by atoms with E-state index in [4.69, 9.17) is 10.5 Å². The lowest BCUT2D eigenvalue weighted by atomic mass is 9.87. The second kappa shape index (κ2) is 6.81. The fourth-order valence-corrected chi connectivity index (χ4v) is 2.72.